The zero-order chi connectivity index (χ0) is 73.1. The molecule has 0 fully saturated rings. The third-order valence-electron chi connectivity index (χ3n) is 16.9. The minimum atomic E-state index is -4.68. The number of hydrogen-bond acceptors (Lipinski definition) is 15. The number of Topliss-reactive ketones (excluding diaryl/α,β-unsaturated/α-hetero) is 3. The van der Waals surface area contributed by atoms with Gasteiger partial charge in [0.05, 0.1) is 96.8 Å². The third kappa shape index (κ3) is 14.1. The second-order valence-corrected chi connectivity index (χ2v) is 29.4. The van der Waals surface area contributed by atoms with Crippen molar-refractivity contribution in [3.05, 3.63) is 217 Å². The average Bonchev–Trinajstić information content (AvgIpc) is 1.48. The monoisotopic (exact) mass is 1440 g/mol. The lowest BCUT2D eigenvalue weighted by Gasteiger charge is -2.40. The molecule has 100 heavy (non-hydrogen) atoms. The Kier molecular flexibility index (Phi) is 19.4. The molecule has 3 heterocycles. The van der Waals surface area contributed by atoms with Crippen LogP contribution in [0.4, 0.5) is 71.0 Å². The lowest BCUT2D eigenvalue weighted by molar-refractivity contribution is -0.138. The van der Waals surface area contributed by atoms with Gasteiger partial charge in [-0.05, 0) is 128 Å². The van der Waals surface area contributed by atoms with Crippen LogP contribution in [0.2, 0.25) is 0 Å². The van der Waals surface area contributed by atoms with E-state index in [1.54, 1.807) is 6.92 Å². The van der Waals surface area contributed by atoms with Crippen LogP contribution in [0, 0.1) is 34.0 Å². The molecule has 12 rings (SSSR count). The number of nitriles is 3. The summed E-state index contributed by atoms with van der Waals surface area (Å²) in [6.45, 7) is 1.55. The Hall–Kier alpha value is -10.6. The number of benzene rings is 6. The van der Waals surface area contributed by atoms with E-state index in [4.69, 9.17) is 10.5 Å². The molecule has 33 heteroatoms. The fraction of sp³-hybridized carbons (Fsp3) is 0.239. The summed E-state index contributed by atoms with van der Waals surface area (Å²) in [6, 6.07) is 25.9. The van der Waals surface area contributed by atoms with Crippen molar-refractivity contribution in [3.63, 3.8) is 0 Å². The average molecular weight is 1440 g/mol. The highest BCUT2D eigenvalue weighted by Crippen LogP contribution is 2.54. The van der Waals surface area contributed by atoms with E-state index in [9.17, 15) is 99.5 Å². The molecule has 0 aromatic heterocycles. The molecular formula is C67H52F9N9O12S3. The van der Waals surface area contributed by atoms with Crippen molar-refractivity contribution in [1.29, 1.82) is 15.8 Å². The second kappa shape index (κ2) is 26.9. The first-order valence-corrected chi connectivity index (χ1v) is 35.2. The zero-order valence-electron chi connectivity index (χ0n) is 52.1. The van der Waals surface area contributed by atoms with Crippen LogP contribution >= 0.6 is 10.6 Å². The summed E-state index contributed by atoms with van der Waals surface area (Å²) in [4.78, 5) is 81.0. The van der Waals surface area contributed by atoms with Crippen LogP contribution < -0.4 is 25.3 Å². The van der Waals surface area contributed by atoms with Crippen LogP contribution in [0.25, 0.3) is 0 Å². The lowest BCUT2D eigenvalue weighted by atomic mass is 9.94. The molecule has 518 valence electrons. The van der Waals surface area contributed by atoms with Crippen molar-refractivity contribution in [3.8, 4) is 18.2 Å². The normalized spacial score (nSPS) is 19.0. The molecule has 6 amide bonds. The number of nitrogens with zero attached hydrogens (tertiary/aromatic N) is 7. The smallest absolute Gasteiger partial charge is 0.326 e. The van der Waals surface area contributed by atoms with Crippen molar-refractivity contribution in [2.45, 2.75) is 91.9 Å². The number of ketones is 3. The minimum Gasteiger partial charge on any atom is -0.326 e. The Bertz CT molecular complexity index is 4960. The van der Waals surface area contributed by atoms with Crippen LogP contribution in [0.1, 0.15) is 114 Å². The number of nitrogens with one attached hydrogen (secondary N) is 2. The Morgan fingerprint density at radius 1 is 0.480 bits per heavy atom. The van der Waals surface area contributed by atoms with Crippen LogP contribution in [0.5, 0.6) is 0 Å². The summed E-state index contributed by atoms with van der Waals surface area (Å²) in [6.07, 6.45) is -11.8. The number of amides is 6. The van der Waals surface area contributed by atoms with Gasteiger partial charge >= 0.3 is 36.6 Å². The van der Waals surface area contributed by atoms with Crippen LogP contribution in [-0.4, -0.2) is 84.0 Å². The van der Waals surface area contributed by atoms with Gasteiger partial charge in [-0.25, -0.2) is 35.5 Å². The van der Waals surface area contributed by atoms with Gasteiger partial charge in [0.15, 0.2) is 27.2 Å². The molecule has 0 unspecified atom stereocenters. The summed E-state index contributed by atoms with van der Waals surface area (Å²) in [5, 5.41) is 32.6. The predicted octanol–water partition coefficient (Wildman–Crippen LogP) is 13.6. The summed E-state index contributed by atoms with van der Waals surface area (Å²) in [5.74, 6) is -1.11. The van der Waals surface area contributed by atoms with Gasteiger partial charge in [0.25, 0.3) is 0 Å². The second-order valence-electron chi connectivity index (χ2n) is 23.2. The first-order valence-electron chi connectivity index (χ1n) is 29.7. The van der Waals surface area contributed by atoms with E-state index in [2.05, 4.69) is 10.6 Å². The van der Waals surface area contributed by atoms with Gasteiger partial charge in [0, 0.05) is 70.6 Å². The highest BCUT2D eigenvalue weighted by Gasteiger charge is 2.51. The predicted molar refractivity (Wildman–Crippen MR) is 341 cm³/mol. The van der Waals surface area contributed by atoms with Gasteiger partial charge in [-0.2, -0.15) is 65.9 Å². The van der Waals surface area contributed by atoms with E-state index in [1.807, 2.05) is 18.2 Å². The summed E-state index contributed by atoms with van der Waals surface area (Å²) in [5.41, 5.74) is -1.02. The summed E-state index contributed by atoms with van der Waals surface area (Å²) >= 11 is 0. The fourth-order valence-corrected chi connectivity index (χ4v) is 15.5. The molecule has 6 aromatic carbocycles. The summed E-state index contributed by atoms with van der Waals surface area (Å²) < 4.78 is 191. The number of alkyl halides is 9. The van der Waals surface area contributed by atoms with Gasteiger partial charge in [-0.15, -0.1) is 0 Å². The van der Waals surface area contributed by atoms with Crippen LogP contribution in [0.15, 0.2) is 177 Å². The van der Waals surface area contributed by atoms with E-state index in [0.29, 0.717) is 15.4 Å². The maximum absolute atomic E-state index is 13.5. The molecule has 3 aliphatic heterocycles. The molecule has 6 aliphatic rings. The lowest BCUT2D eigenvalue weighted by Crippen LogP contribution is -2.52. The van der Waals surface area contributed by atoms with E-state index >= 15 is 0 Å². The number of hydrogen-bond donors (Lipinski definition) is 4. The van der Waals surface area contributed by atoms with Crippen LogP contribution in [-0.2, 0) is 52.8 Å². The number of carbonyl (C=O) groups excluding carboxylic acids is 6. The third-order valence-corrected chi connectivity index (χ3v) is 21.0. The zero-order valence-corrected chi connectivity index (χ0v) is 54.6. The maximum atomic E-state index is 13.5. The van der Waals surface area contributed by atoms with Crippen molar-refractivity contribution in [2.75, 3.05) is 33.0 Å². The van der Waals surface area contributed by atoms with Crippen molar-refractivity contribution >= 4 is 83.0 Å². The number of allylic oxidation sites excluding steroid dienone is 3. The van der Waals surface area contributed by atoms with E-state index in [1.165, 1.54) is 78.9 Å². The first-order chi connectivity index (χ1) is 46.8. The fourth-order valence-electron chi connectivity index (χ4n) is 12.4. The van der Waals surface area contributed by atoms with E-state index < -0.39 is 108 Å². The molecule has 0 saturated heterocycles. The van der Waals surface area contributed by atoms with Gasteiger partial charge in [0.1, 0.15) is 6.04 Å². The Morgan fingerprint density at radius 3 is 1.21 bits per heavy atom. The first kappa shape index (κ1) is 72.1. The van der Waals surface area contributed by atoms with Gasteiger partial charge in [-0.1, -0.05) is 42.5 Å². The number of halogens is 9. The molecule has 3 aliphatic carbocycles. The summed E-state index contributed by atoms with van der Waals surface area (Å²) in [7, 11) is -11.4. The molecule has 3 atom stereocenters. The molecule has 0 bridgehead atoms. The number of sulfonamides is 1. The highest BCUT2D eigenvalue weighted by atomic mass is 32.3. The Morgan fingerprint density at radius 2 is 0.840 bits per heavy atom. The maximum Gasteiger partial charge on any atom is 0.416 e. The number of carbonyl (C=O) groups is 6. The number of urea groups is 3. The van der Waals surface area contributed by atoms with Crippen molar-refractivity contribution < 1.29 is 94.2 Å². The molecule has 6 aromatic rings. The van der Waals surface area contributed by atoms with Gasteiger partial charge < -0.3 is 10.6 Å². The van der Waals surface area contributed by atoms with Gasteiger partial charge in [-0.3, -0.25) is 38.2 Å². The Labute approximate surface area is 565 Å². The molecule has 21 nitrogen and oxygen atoms in total. The molecule has 0 radical (unpaired) electrons. The van der Waals surface area contributed by atoms with E-state index in [0.717, 1.165) is 81.8 Å². The topological polar surface area (TPSA) is 320 Å². The molecule has 4 N–H and O–H groups in total. The molecule has 0 saturated carbocycles. The number of rotatable bonds is 10. The quantitative estimate of drug-likeness (QED) is 0.0926. The number of sulfone groups is 1. The van der Waals surface area contributed by atoms with Gasteiger partial charge in [0.2, 0.25) is 10.0 Å². The standard InChI is InChI=1S/C23H20F3N3O4S.2C22H16F3N3O4S/c1-2-34(32,33)19-10-13(12-27)6-7-16(19)21-20-17(8-9-18(20)30)29(22(31)28-21)15-5-3-4-14(11-15)23(24,25)26;1-33(31,32)28-20(14-7-5-13(12-26)6-8-14)19-17(9-10-18(19)29)27(21(28)30)16-4-2-3-15(11-16)22(23,24)25;1-33(31,32)18-9-12(11-26)5-6-15(18)20-19-16(7-8-17(19)29)28(21(30)27-20)14-4-2-3-13(10-14)22(23,24)25/h3-7,10-11,21,32-33H,2,8-9H2,1H3,(H,28,31);2-8,11,20H,9-10H2,1H3;2-6,9-10,20H,7-8H2,1H3,(H,27,30)/t21-;2*20-/m111/s1. The number of anilines is 3. The molecular weight excluding hydrogens is 1390 g/mol. The SMILES string of the molecule is CCS(O)(O)c1cc(C#N)ccc1[C@H]1NC(=O)N(c2cccc(C(F)(F)F)c2)C2=C1C(=O)CC2.CS(=O)(=O)N1C(=O)N(c2cccc(C(F)(F)F)c2)C2=C(C(=O)CC2)[C@H]1c1ccc(C#N)cc1.CS(=O)(=O)c1cc(C#N)ccc1[C@H]1NC(=O)N(c2cccc(C(F)(F)F)c2)C2=C1C(=O)CC2. The van der Waals surface area contributed by atoms with Crippen molar-refractivity contribution in [2.24, 2.45) is 0 Å². The Balaban J connectivity index is 0.000000162. The highest BCUT2D eigenvalue weighted by molar-refractivity contribution is 8.24. The minimum absolute atomic E-state index is 0.0161. The van der Waals surface area contributed by atoms with Crippen molar-refractivity contribution in [1.82, 2.24) is 14.9 Å². The molecule has 0 spiro atoms. The van der Waals surface area contributed by atoms with Crippen LogP contribution in [0.3, 0.4) is 0 Å². The largest absolute Gasteiger partial charge is 0.416 e. The van der Waals surface area contributed by atoms with E-state index in [-0.39, 0.29) is 139 Å².